The van der Waals surface area contributed by atoms with Gasteiger partial charge in [0.05, 0.1) is 0 Å². The molecule has 1 heterocycles. The lowest BCUT2D eigenvalue weighted by Gasteiger charge is -2.14. The summed E-state index contributed by atoms with van der Waals surface area (Å²) < 4.78 is 28.6. The van der Waals surface area contributed by atoms with Crippen molar-refractivity contribution in [3.8, 4) is 0 Å². The highest BCUT2D eigenvalue weighted by Crippen LogP contribution is 2.21. The molecule has 3 N–H and O–H groups in total. The summed E-state index contributed by atoms with van der Waals surface area (Å²) in [5.41, 5.74) is 7.05. The molecule has 1 aromatic carbocycles. The van der Waals surface area contributed by atoms with E-state index in [1.807, 2.05) is 0 Å². The van der Waals surface area contributed by atoms with E-state index in [4.69, 9.17) is 5.73 Å². The van der Waals surface area contributed by atoms with Crippen LogP contribution in [0.2, 0.25) is 0 Å². The number of benzene rings is 1. The van der Waals surface area contributed by atoms with Crippen LogP contribution in [0.15, 0.2) is 33.9 Å². The summed E-state index contributed by atoms with van der Waals surface area (Å²) in [7, 11) is -2.21. The minimum absolute atomic E-state index is 0.0141. The van der Waals surface area contributed by atoms with E-state index in [1.54, 1.807) is 31.2 Å². The Balaban J connectivity index is 2.27. The minimum Gasteiger partial charge on any atom is -0.399 e. The maximum Gasteiger partial charge on any atom is 0.261 e. The summed E-state index contributed by atoms with van der Waals surface area (Å²) >= 11 is 3.08. The number of aryl methyl sites for hydroxylation is 1. The second-order valence-electron chi connectivity index (χ2n) is 4.32. The number of sulfonamides is 1. The van der Waals surface area contributed by atoms with Crippen LogP contribution in [0, 0.1) is 0 Å². The summed E-state index contributed by atoms with van der Waals surface area (Å²) in [6, 6.07) is 6.60. The predicted octanol–water partition coefficient (Wildman–Crippen LogP) is 1.20. The molecule has 1 atom stereocenters. The third-order valence-electron chi connectivity index (χ3n) is 2.76. The van der Waals surface area contributed by atoms with Crippen molar-refractivity contribution < 1.29 is 8.42 Å². The van der Waals surface area contributed by atoms with Crippen LogP contribution in [0.4, 0.5) is 5.69 Å². The fraction of sp³-hybridized carbons (Fsp3) is 0.273. The minimum atomic E-state index is -3.73. The number of halogens is 1. The number of nitrogen functional groups attached to an aromatic ring is 1. The number of nitrogens with zero attached hydrogens (tertiary/aromatic N) is 3. The third-order valence-corrected chi connectivity index (χ3v) is 5.19. The van der Waals surface area contributed by atoms with Crippen LogP contribution in [0.1, 0.15) is 18.5 Å². The molecule has 0 radical (unpaired) electrons. The van der Waals surface area contributed by atoms with E-state index in [2.05, 4.69) is 31.0 Å². The maximum absolute atomic E-state index is 12.3. The van der Waals surface area contributed by atoms with Gasteiger partial charge in [-0.05, 0) is 40.5 Å². The lowest BCUT2D eigenvalue weighted by atomic mass is 10.1. The van der Waals surface area contributed by atoms with Gasteiger partial charge in [-0.15, -0.1) is 5.10 Å². The lowest BCUT2D eigenvalue weighted by Crippen LogP contribution is -2.28. The number of nitrogens with two attached hydrogens (primary N) is 1. The first kappa shape index (κ1) is 14.9. The quantitative estimate of drug-likeness (QED) is 0.798. The van der Waals surface area contributed by atoms with Gasteiger partial charge in [0.25, 0.3) is 10.0 Å². The van der Waals surface area contributed by atoms with Gasteiger partial charge in [-0.2, -0.15) is 0 Å². The van der Waals surface area contributed by atoms with Gasteiger partial charge in [0, 0.05) is 18.8 Å². The summed E-state index contributed by atoms with van der Waals surface area (Å²) in [6.45, 7) is 1.75. The van der Waals surface area contributed by atoms with E-state index in [0.29, 0.717) is 5.69 Å². The van der Waals surface area contributed by atoms with Gasteiger partial charge < -0.3 is 5.73 Å². The average molecular weight is 360 g/mol. The van der Waals surface area contributed by atoms with Crippen LogP contribution >= 0.6 is 15.9 Å². The van der Waals surface area contributed by atoms with Crippen molar-refractivity contribution in [2.24, 2.45) is 7.05 Å². The molecule has 0 saturated carbocycles. The molecule has 2 rings (SSSR count). The molecule has 1 aromatic heterocycles. The average Bonchev–Trinajstić information content (AvgIpc) is 2.69. The zero-order valence-electron chi connectivity index (χ0n) is 10.9. The van der Waals surface area contributed by atoms with Crippen LogP contribution in [-0.4, -0.2) is 23.4 Å². The van der Waals surface area contributed by atoms with Gasteiger partial charge in [0.2, 0.25) is 5.03 Å². The molecule has 0 amide bonds. The maximum atomic E-state index is 12.3. The molecule has 0 aliphatic heterocycles. The monoisotopic (exact) mass is 359 g/mol. The fourth-order valence-corrected chi connectivity index (χ4v) is 4.08. The standard InChI is InChI=1S/C11H14BrN5O2S/c1-7(8-3-5-9(13)6-4-8)15-20(18,19)11-10(12)14-16-17(11)2/h3-7,15H,13H2,1-2H3. The predicted molar refractivity (Wildman–Crippen MR) is 78.3 cm³/mol. The molecule has 20 heavy (non-hydrogen) atoms. The van der Waals surface area contributed by atoms with Crippen molar-refractivity contribution in [1.29, 1.82) is 0 Å². The van der Waals surface area contributed by atoms with Gasteiger partial charge in [-0.3, -0.25) is 0 Å². The Bertz CT molecular complexity index is 691. The highest BCUT2D eigenvalue weighted by molar-refractivity contribution is 9.10. The number of nitrogens with one attached hydrogen (secondary N) is 1. The molecular weight excluding hydrogens is 346 g/mol. The summed E-state index contributed by atoms with van der Waals surface area (Å²) in [5.74, 6) is 0. The van der Waals surface area contributed by atoms with Crippen molar-refractivity contribution in [2.75, 3.05) is 5.73 Å². The van der Waals surface area contributed by atoms with E-state index < -0.39 is 16.1 Å². The molecule has 0 fully saturated rings. The number of anilines is 1. The number of hydrogen-bond acceptors (Lipinski definition) is 5. The molecule has 0 saturated heterocycles. The van der Waals surface area contributed by atoms with Crippen LogP contribution in [0.25, 0.3) is 0 Å². The van der Waals surface area contributed by atoms with Crippen molar-refractivity contribution in [1.82, 2.24) is 19.7 Å². The molecule has 0 bridgehead atoms. The molecule has 108 valence electrons. The van der Waals surface area contributed by atoms with Crippen molar-refractivity contribution >= 4 is 31.6 Å². The van der Waals surface area contributed by atoms with E-state index in [1.165, 1.54) is 11.7 Å². The highest BCUT2D eigenvalue weighted by Gasteiger charge is 2.25. The molecule has 7 nitrogen and oxygen atoms in total. The van der Waals surface area contributed by atoms with E-state index in [9.17, 15) is 8.42 Å². The largest absolute Gasteiger partial charge is 0.399 e. The van der Waals surface area contributed by atoms with Crippen LogP contribution < -0.4 is 10.5 Å². The Morgan fingerprint density at radius 1 is 1.35 bits per heavy atom. The molecule has 0 aliphatic carbocycles. The fourth-order valence-electron chi connectivity index (χ4n) is 1.75. The number of rotatable bonds is 4. The zero-order valence-corrected chi connectivity index (χ0v) is 13.3. The van der Waals surface area contributed by atoms with Gasteiger partial charge in [-0.1, -0.05) is 17.3 Å². The Kier molecular flexibility index (Phi) is 4.11. The summed E-state index contributed by atoms with van der Waals surface area (Å²) in [5, 5.41) is 7.31. The Hall–Kier alpha value is -1.45. The van der Waals surface area contributed by atoms with Gasteiger partial charge in [0.15, 0.2) is 4.60 Å². The Labute approximate surface area is 125 Å². The number of hydrogen-bond donors (Lipinski definition) is 2. The molecule has 2 aromatic rings. The second kappa shape index (κ2) is 5.51. The van der Waals surface area contributed by atoms with Crippen LogP contribution in [0.5, 0.6) is 0 Å². The smallest absolute Gasteiger partial charge is 0.261 e. The van der Waals surface area contributed by atoms with Crippen molar-refractivity contribution in [3.05, 3.63) is 34.4 Å². The molecule has 0 aliphatic rings. The van der Waals surface area contributed by atoms with Gasteiger partial charge >= 0.3 is 0 Å². The highest BCUT2D eigenvalue weighted by atomic mass is 79.9. The lowest BCUT2D eigenvalue weighted by molar-refractivity contribution is 0.548. The summed E-state index contributed by atoms with van der Waals surface area (Å²) in [6.07, 6.45) is 0. The Morgan fingerprint density at radius 2 is 1.95 bits per heavy atom. The topological polar surface area (TPSA) is 103 Å². The first-order valence-corrected chi connectivity index (χ1v) is 8.02. The van der Waals surface area contributed by atoms with Crippen LogP contribution in [0.3, 0.4) is 0 Å². The van der Waals surface area contributed by atoms with Crippen LogP contribution in [-0.2, 0) is 17.1 Å². The normalized spacial score (nSPS) is 13.3. The van der Waals surface area contributed by atoms with E-state index in [-0.39, 0.29) is 9.63 Å². The zero-order chi connectivity index (χ0) is 14.9. The third kappa shape index (κ3) is 3.00. The molecule has 0 spiro atoms. The van der Waals surface area contributed by atoms with Crippen molar-refractivity contribution in [3.63, 3.8) is 0 Å². The van der Waals surface area contributed by atoms with Gasteiger partial charge in [0.1, 0.15) is 0 Å². The van der Waals surface area contributed by atoms with E-state index >= 15 is 0 Å². The Morgan fingerprint density at radius 3 is 2.45 bits per heavy atom. The first-order chi connectivity index (χ1) is 9.31. The number of aromatic nitrogens is 3. The second-order valence-corrected chi connectivity index (χ2v) is 6.70. The van der Waals surface area contributed by atoms with Gasteiger partial charge in [-0.25, -0.2) is 17.8 Å². The molecule has 9 heteroatoms. The first-order valence-electron chi connectivity index (χ1n) is 5.74. The van der Waals surface area contributed by atoms with Crippen molar-refractivity contribution in [2.45, 2.75) is 18.0 Å². The van der Waals surface area contributed by atoms with E-state index in [0.717, 1.165) is 5.56 Å². The summed E-state index contributed by atoms with van der Waals surface area (Å²) in [4.78, 5) is 0. The molecule has 1 unspecified atom stereocenters. The molecular formula is C11H14BrN5O2S. The SMILES string of the molecule is CC(NS(=O)(=O)c1c(Br)nnn1C)c1ccc(N)cc1.